The summed E-state index contributed by atoms with van der Waals surface area (Å²) in [5, 5.41) is 1.94. The molecule has 0 aromatic carbocycles. The zero-order valence-electron chi connectivity index (χ0n) is 6.14. The van der Waals surface area contributed by atoms with Gasteiger partial charge in [-0.05, 0) is 0 Å². The number of nitrogen functional groups attached to an aromatic ring is 1. The molecule has 0 saturated heterocycles. The highest BCUT2D eigenvalue weighted by molar-refractivity contribution is 7.07. The number of anilines is 1. The van der Waals surface area contributed by atoms with Crippen molar-refractivity contribution in [1.29, 1.82) is 0 Å². The van der Waals surface area contributed by atoms with Gasteiger partial charge in [0.15, 0.2) is 0 Å². The molecule has 2 aromatic heterocycles. The molecule has 5 heteroatoms. The first-order valence-corrected chi connectivity index (χ1v) is 4.26. The first-order valence-electron chi connectivity index (χ1n) is 3.32. The van der Waals surface area contributed by atoms with Crippen LogP contribution in [-0.4, -0.2) is 15.0 Å². The van der Waals surface area contributed by atoms with Crippen molar-refractivity contribution < 1.29 is 0 Å². The standard InChI is InChI=1S/C7H6N4S/c8-7-9-1-5(2-10-7)6-3-12-4-11-6/h1-4H,(H2,8,9,10). The lowest BCUT2D eigenvalue weighted by molar-refractivity contribution is 1.18. The van der Waals surface area contributed by atoms with Crippen molar-refractivity contribution in [3.63, 3.8) is 0 Å². The van der Waals surface area contributed by atoms with Gasteiger partial charge in [-0.1, -0.05) is 0 Å². The fraction of sp³-hybridized carbons (Fsp3) is 0. The number of hydrogen-bond donors (Lipinski definition) is 1. The molecule has 0 saturated carbocycles. The normalized spacial score (nSPS) is 10.0. The predicted octanol–water partition coefficient (Wildman–Crippen LogP) is 1.18. The molecular weight excluding hydrogens is 172 g/mol. The third kappa shape index (κ3) is 1.26. The van der Waals surface area contributed by atoms with Gasteiger partial charge in [0.25, 0.3) is 0 Å². The van der Waals surface area contributed by atoms with Gasteiger partial charge in [-0.15, -0.1) is 11.3 Å². The molecule has 0 fully saturated rings. The Morgan fingerprint density at radius 2 is 1.92 bits per heavy atom. The molecule has 0 aliphatic rings. The SMILES string of the molecule is Nc1ncc(-c2cscn2)cn1. The predicted molar refractivity (Wildman–Crippen MR) is 47.6 cm³/mol. The summed E-state index contributed by atoms with van der Waals surface area (Å²) >= 11 is 1.54. The van der Waals surface area contributed by atoms with Crippen LogP contribution < -0.4 is 5.73 Å². The van der Waals surface area contributed by atoms with E-state index in [1.807, 2.05) is 5.38 Å². The Morgan fingerprint density at radius 3 is 2.50 bits per heavy atom. The van der Waals surface area contributed by atoms with Crippen LogP contribution in [0.2, 0.25) is 0 Å². The van der Waals surface area contributed by atoms with Crippen LogP contribution in [0.3, 0.4) is 0 Å². The van der Waals surface area contributed by atoms with Crippen molar-refractivity contribution in [2.24, 2.45) is 0 Å². The van der Waals surface area contributed by atoms with Gasteiger partial charge in [-0.3, -0.25) is 0 Å². The van der Waals surface area contributed by atoms with Crippen LogP contribution in [0.5, 0.6) is 0 Å². The topological polar surface area (TPSA) is 64.7 Å². The Balaban J connectivity index is 2.43. The lowest BCUT2D eigenvalue weighted by atomic mass is 10.3. The van der Waals surface area contributed by atoms with E-state index in [1.165, 1.54) is 0 Å². The number of rotatable bonds is 1. The molecular formula is C7H6N4S. The van der Waals surface area contributed by atoms with Gasteiger partial charge < -0.3 is 5.73 Å². The molecule has 0 atom stereocenters. The maximum absolute atomic E-state index is 5.34. The number of hydrogen-bond acceptors (Lipinski definition) is 5. The first-order chi connectivity index (χ1) is 5.86. The lowest BCUT2D eigenvalue weighted by Crippen LogP contribution is -1.93. The highest BCUT2D eigenvalue weighted by Crippen LogP contribution is 2.16. The Kier molecular flexibility index (Phi) is 1.71. The zero-order valence-corrected chi connectivity index (χ0v) is 6.95. The van der Waals surface area contributed by atoms with Crippen molar-refractivity contribution in [3.05, 3.63) is 23.3 Å². The molecule has 0 aliphatic carbocycles. The maximum atomic E-state index is 5.34. The molecule has 0 spiro atoms. The smallest absolute Gasteiger partial charge is 0.219 e. The van der Waals surface area contributed by atoms with E-state index in [0.717, 1.165) is 11.3 Å². The molecule has 4 nitrogen and oxygen atoms in total. The van der Waals surface area contributed by atoms with Crippen LogP contribution >= 0.6 is 11.3 Å². The average Bonchev–Trinajstić information content (AvgIpc) is 2.58. The van der Waals surface area contributed by atoms with Crippen molar-refractivity contribution in [2.75, 3.05) is 5.73 Å². The third-order valence-electron chi connectivity index (χ3n) is 1.40. The molecule has 2 heterocycles. The molecule has 2 N–H and O–H groups in total. The molecule has 0 aliphatic heterocycles. The molecule has 0 amide bonds. The van der Waals surface area contributed by atoms with Crippen LogP contribution in [0.1, 0.15) is 0 Å². The number of thiazole rings is 1. The van der Waals surface area contributed by atoms with Crippen LogP contribution in [0.15, 0.2) is 23.3 Å². The molecule has 2 aromatic rings. The summed E-state index contributed by atoms with van der Waals surface area (Å²) in [7, 11) is 0. The van der Waals surface area contributed by atoms with E-state index < -0.39 is 0 Å². The second-order valence-corrected chi connectivity index (χ2v) is 2.92. The van der Waals surface area contributed by atoms with Crippen molar-refractivity contribution in [2.45, 2.75) is 0 Å². The summed E-state index contributed by atoms with van der Waals surface area (Å²) in [6.07, 6.45) is 3.33. The molecule has 2 rings (SSSR count). The minimum absolute atomic E-state index is 0.286. The van der Waals surface area contributed by atoms with Gasteiger partial charge in [-0.2, -0.15) is 0 Å². The second kappa shape index (κ2) is 2.86. The minimum atomic E-state index is 0.286. The van der Waals surface area contributed by atoms with Crippen molar-refractivity contribution in [3.8, 4) is 11.3 Å². The fourth-order valence-corrected chi connectivity index (χ4v) is 1.39. The van der Waals surface area contributed by atoms with Crippen LogP contribution in [0, 0.1) is 0 Å². The van der Waals surface area contributed by atoms with Crippen LogP contribution in [0.4, 0.5) is 5.95 Å². The van der Waals surface area contributed by atoms with Crippen molar-refractivity contribution >= 4 is 17.3 Å². The van der Waals surface area contributed by atoms with Gasteiger partial charge in [0.05, 0.1) is 11.2 Å². The molecule has 0 unspecified atom stereocenters. The van der Waals surface area contributed by atoms with Gasteiger partial charge in [0, 0.05) is 23.3 Å². The van der Waals surface area contributed by atoms with E-state index in [2.05, 4.69) is 15.0 Å². The quantitative estimate of drug-likeness (QED) is 0.712. The van der Waals surface area contributed by atoms with E-state index in [4.69, 9.17) is 5.73 Å². The molecule has 12 heavy (non-hydrogen) atoms. The van der Waals surface area contributed by atoms with Crippen LogP contribution in [-0.2, 0) is 0 Å². The van der Waals surface area contributed by atoms with E-state index in [0.29, 0.717) is 0 Å². The van der Waals surface area contributed by atoms with Gasteiger partial charge in [0.2, 0.25) is 5.95 Å². The first kappa shape index (κ1) is 7.17. The van der Waals surface area contributed by atoms with Crippen LogP contribution in [0.25, 0.3) is 11.3 Å². The molecule has 0 bridgehead atoms. The van der Waals surface area contributed by atoms with E-state index in [-0.39, 0.29) is 5.95 Å². The molecule has 0 radical (unpaired) electrons. The number of aromatic nitrogens is 3. The minimum Gasteiger partial charge on any atom is -0.368 e. The lowest BCUT2D eigenvalue weighted by Gasteiger charge is -1.94. The molecule has 60 valence electrons. The van der Waals surface area contributed by atoms with Gasteiger partial charge >= 0.3 is 0 Å². The Hall–Kier alpha value is -1.49. The summed E-state index contributed by atoms with van der Waals surface area (Å²) < 4.78 is 0. The van der Waals surface area contributed by atoms with E-state index in [9.17, 15) is 0 Å². The summed E-state index contributed by atoms with van der Waals surface area (Å²) in [5.41, 5.74) is 8.89. The summed E-state index contributed by atoms with van der Waals surface area (Å²) in [5.74, 6) is 0.286. The maximum Gasteiger partial charge on any atom is 0.219 e. The highest BCUT2D eigenvalue weighted by atomic mass is 32.1. The largest absolute Gasteiger partial charge is 0.368 e. The monoisotopic (exact) mass is 178 g/mol. The summed E-state index contributed by atoms with van der Waals surface area (Å²) in [6.45, 7) is 0. The Morgan fingerprint density at radius 1 is 1.17 bits per heavy atom. The van der Waals surface area contributed by atoms with Gasteiger partial charge in [-0.25, -0.2) is 15.0 Å². The summed E-state index contributed by atoms with van der Waals surface area (Å²) in [6, 6.07) is 0. The average molecular weight is 178 g/mol. The third-order valence-corrected chi connectivity index (χ3v) is 1.99. The van der Waals surface area contributed by atoms with Gasteiger partial charge in [0.1, 0.15) is 0 Å². The fourth-order valence-electron chi connectivity index (χ4n) is 0.825. The Bertz CT molecular complexity index is 353. The van der Waals surface area contributed by atoms with Crippen molar-refractivity contribution in [1.82, 2.24) is 15.0 Å². The summed E-state index contributed by atoms with van der Waals surface area (Å²) in [4.78, 5) is 11.8. The highest BCUT2D eigenvalue weighted by Gasteiger charge is 1.99. The zero-order chi connectivity index (χ0) is 8.39. The van der Waals surface area contributed by atoms with E-state index in [1.54, 1.807) is 29.2 Å². The number of nitrogens with zero attached hydrogens (tertiary/aromatic N) is 3. The number of nitrogens with two attached hydrogens (primary N) is 1. The van der Waals surface area contributed by atoms with E-state index >= 15 is 0 Å². The Labute approximate surface area is 73.1 Å². The second-order valence-electron chi connectivity index (χ2n) is 2.20.